The van der Waals surface area contributed by atoms with E-state index in [1.807, 2.05) is 25.1 Å². The lowest BCUT2D eigenvalue weighted by Gasteiger charge is -2.18. The smallest absolute Gasteiger partial charge is 0.123 e. The summed E-state index contributed by atoms with van der Waals surface area (Å²) in [5.41, 5.74) is 5.59. The third-order valence-electron chi connectivity index (χ3n) is 3.23. The maximum Gasteiger partial charge on any atom is 0.123 e. The molecule has 0 aliphatic rings. The van der Waals surface area contributed by atoms with Gasteiger partial charge in [0.2, 0.25) is 0 Å². The van der Waals surface area contributed by atoms with Crippen LogP contribution in [-0.4, -0.2) is 0 Å². The SMILES string of the molecule is Cc1ccc(C(Cc2cc(F)ccc2Br)NN)cc1Cl. The topological polar surface area (TPSA) is 38.0 Å². The minimum Gasteiger partial charge on any atom is -0.271 e. The predicted molar refractivity (Wildman–Crippen MR) is 84.1 cm³/mol. The summed E-state index contributed by atoms with van der Waals surface area (Å²) >= 11 is 9.56. The normalized spacial score (nSPS) is 12.4. The van der Waals surface area contributed by atoms with Crippen molar-refractivity contribution >= 4 is 27.5 Å². The van der Waals surface area contributed by atoms with Crippen LogP contribution in [0.5, 0.6) is 0 Å². The lowest BCUT2D eigenvalue weighted by Crippen LogP contribution is -2.29. The van der Waals surface area contributed by atoms with Crippen LogP contribution in [-0.2, 0) is 6.42 Å². The first-order chi connectivity index (χ1) is 9.51. The van der Waals surface area contributed by atoms with Gasteiger partial charge in [0.15, 0.2) is 0 Å². The van der Waals surface area contributed by atoms with Crippen molar-refractivity contribution in [2.45, 2.75) is 19.4 Å². The first kappa shape index (κ1) is 15.4. The molecule has 2 aromatic carbocycles. The molecule has 2 aromatic rings. The molecule has 1 unspecified atom stereocenters. The zero-order valence-electron chi connectivity index (χ0n) is 11.0. The molecule has 2 rings (SSSR count). The van der Waals surface area contributed by atoms with Gasteiger partial charge in [-0.25, -0.2) is 4.39 Å². The Morgan fingerprint density at radius 2 is 2.05 bits per heavy atom. The summed E-state index contributed by atoms with van der Waals surface area (Å²) in [6.45, 7) is 1.94. The minimum atomic E-state index is -0.263. The Bertz CT molecular complexity index is 619. The van der Waals surface area contributed by atoms with Crippen LogP contribution >= 0.6 is 27.5 Å². The predicted octanol–water partition coefficient (Wildman–Crippen LogP) is 4.30. The van der Waals surface area contributed by atoms with Gasteiger partial charge in [-0.05, 0) is 54.3 Å². The molecule has 0 bridgehead atoms. The Labute approximate surface area is 131 Å². The molecule has 0 saturated heterocycles. The second kappa shape index (κ2) is 6.68. The summed E-state index contributed by atoms with van der Waals surface area (Å²) in [7, 11) is 0. The fraction of sp³-hybridized carbons (Fsp3) is 0.200. The number of hydrazine groups is 1. The van der Waals surface area contributed by atoms with Gasteiger partial charge in [0.1, 0.15) is 5.82 Å². The fourth-order valence-electron chi connectivity index (χ4n) is 2.02. The van der Waals surface area contributed by atoms with Gasteiger partial charge in [-0.15, -0.1) is 0 Å². The third-order valence-corrected chi connectivity index (χ3v) is 4.41. The molecule has 1 atom stereocenters. The average molecular weight is 358 g/mol. The third kappa shape index (κ3) is 3.58. The maximum absolute atomic E-state index is 13.3. The zero-order valence-corrected chi connectivity index (χ0v) is 13.3. The van der Waals surface area contributed by atoms with Crippen molar-refractivity contribution in [2.75, 3.05) is 0 Å². The fourth-order valence-corrected chi connectivity index (χ4v) is 2.62. The van der Waals surface area contributed by atoms with E-state index in [0.29, 0.717) is 11.4 Å². The number of halogens is 3. The van der Waals surface area contributed by atoms with Crippen LogP contribution in [0.2, 0.25) is 5.02 Å². The summed E-state index contributed by atoms with van der Waals surface area (Å²) in [6.07, 6.45) is 0.564. The van der Waals surface area contributed by atoms with Crippen LogP contribution in [0.4, 0.5) is 4.39 Å². The van der Waals surface area contributed by atoms with Crippen molar-refractivity contribution in [1.29, 1.82) is 0 Å². The van der Waals surface area contributed by atoms with Crippen LogP contribution in [0.15, 0.2) is 40.9 Å². The van der Waals surface area contributed by atoms with E-state index < -0.39 is 0 Å². The Morgan fingerprint density at radius 3 is 2.70 bits per heavy atom. The van der Waals surface area contributed by atoms with E-state index in [0.717, 1.165) is 21.2 Å². The monoisotopic (exact) mass is 356 g/mol. The van der Waals surface area contributed by atoms with Gasteiger partial charge in [-0.2, -0.15) is 0 Å². The number of nitrogens with one attached hydrogen (secondary N) is 1. The Kier molecular flexibility index (Phi) is 5.16. The average Bonchev–Trinajstić information content (AvgIpc) is 2.43. The van der Waals surface area contributed by atoms with E-state index in [2.05, 4.69) is 21.4 Å². The van der Waals surface area contributed by atoms with E-state index >= 15 is 0 Å². The Morgan fingerprint density at radius 1 is 1.30 bits per heavy atom. The Balaban J connectivity index is 2.28. The highest BCUT2D eigenvalue weighted by Gasteiger charge is 2.14. The second-order valence-electron chi connectivity index (χ2n) is 4.67. The highest BCUT2D eigenvalue weighted by atomic mass is 79.9. The molecule has 0 amide bonds. The van der Waals surface area contributed by atoms with Crippen molar-refractivity contribution < 1.29 is 4.39 Å². The molecule has 20 heavy (non-hydrogen) atoms. The van der Waals surface area contributed by atoms with Crippen molar-refractivity contribution in [3.63, 3.8) is 0 Å². The van der Waals surface area contributed by atoms with Crippen LogP contribution in [0.1, 0.15) is 22.7 Å². The molecule has 0 aliphatic heterocycles. The lowest BCUT2D eigenvalue weighted by atomic mass is 9.98. The highest BCUT2D eigenvalue weighted by Crippen LogP contribution is 2.26. The van der Waals surface area contributed by atoms with Gasteiger partial charge in [-0.3, -0.25) is 11.3 Å². The standard InChI is InChI=1S/C15H15BrClFN2/c1-9-2-3-10(7-14(9)17)15(20-19)8-11-6-12(18)4-5-13(11)16/h2-7,15,20H,8,19H2,1H3. The molecule has 0 radical (unpaired) electrons. The van der Waals surface area contributed by atoms with Crippen molar-refractivity contribution in [3.05, 3.63) is 68.4 Å². The molecule has 5 heteroatoms. The van der Waals surface area contributed by atoms with Gasteiger partial charge in [-0.1, -0.05) is 39.7 Å². The molecular formula is C15H15BrClFN2. The largest absolute Gasteiger partial charge is 0.271 e. The van der Waals surface area contributed by atoms with E-state index in [1.54, 1.807) is 6.07 Å². The highest BCUT2D eigenvalue weighted by molar-refractivity contribution is 9.10. The van der Waals surface area contributed by atoms with E-state index in [-0.39, 0.29) is 11.9 Å². The molecule has 0 saturated carbocycles. The first-order valence-corrected chi connectivity index (χ1v) is 7.34. The molecule has 0 fully saturated rings. The lowest BCUT2D eigenvalue weighted by molar-refractivity contribution is 0.547. The summed E-state index contributed by atoms with van der Waals surface area (Å²) in [6, 6.07) is 10.3. The summed E-state index contributed by atoms with van der Waals surface area (Å²) < 4.78 is 14.2. The molecule has 3 N–H and O–H groups in total. The number of benzene rings is 2. The number of hydrogen-bond acceptors (Lipinski definition) is 2. The van der Waals surface area contributed by atoms with E-state index in [1.165, 1.54) is 12.1 Å². The Hall–Kier alpha value is -0.940. The van der Waals surface area contributed by atoms with E-state index in [4.69, 9.17) is 17.4 Å². The van der Waals surface area contributed by atoms with E-state index in [9.17, 15) is 4.39 Å². The summed E-state index contributed by atoms with van der Waals surface area (Å²) in [5, 5.41) is 0.695. The van der Waals surface area contributed by atoms with Gasteiger partial charge in [0, 0.05) is 9.50 Å². The van der Waals surface area contributed by atoms with Crippen LogP contribution < -0.4 is 11.3 Å². The zero-order chi connectivity index (χ0) is 14.7. The first-order valence-electron chi connectivity index (χ1n) is 6.17. The molecular weight excluding hydrogens is 343 g/mol. The maximum atomic E-state index is 13.3. The molecule has 0 aromatic heterocycles. The van der Waals surface area contributed by atoms with Crippen molar-refractivity contribution in [3.8, 4) is 0 Å². The van der Waals surface area contributed by atoms with Crippen LogP contribution in [0, 0.1) is 12.7 Å². The molecule has 106 valence electrons. The minimum absolute atomic E-state index is 0.133. The van der Waals surface area contributed by atoms with Crippen molar-refractivity contribution in [1.82, 2.24) is 5.43 Å². The number of hydrogen-bond donors (Lipinski definition) is 2. The van der Waals surface area contributed by atoms with Gasteiger partial charge < -0.3 is 0 Å². The number of aryl methyl sites for hydroxylation is 1. The van der Waals surface area contributed by atoms with Crippen LogP contribution in [0.25, 0.3) is 0 Å². The molecule has 0 aliphatic carbocycles. The molecule has 2 nitrogen and oxygen atoms in total. The van der Waals surface area contributed by atoms with Crippen LogP contribution in [0.3, 0.4) is 0 Å². The molecule has 0 heterocycles. The summed E-state index contributed by atoms with van der Waals surface area (Å²) in [4.78, 5) is 0. The van der Waals surface area contributed by atoms with Crippen molar-refractivity contribution in [2.24, 2.45) is 5.84 Å². The number of nitrogens with two attached hydrogens (primary N) is 1. The van der Waals surface area contributed by atoms with Gasteiger partial charge in [0.05, 0.1) is 6.04 Å². The van der Waals surface area contributed by atoms with Gasteiger partial charge in [0.25, 0.3) is 0 Å². The number of rotatable bonds is 4. The molecule has 0 spiro atoms. The summed E-state index contributed by atoms with van der Waals surface area (Å²) in [5.74, 6) is 5.36. The second-order valence-corrected chi connectivity index (χ2v) is 5.93. The van der Waals surface area contributed by atoms with Gasteiger partial charge >= 0.3 is 0 Å². The quantitative estimate of drug-likeness (QED) is 0.632.